The number of likely N-dealkylation sites (N-methyl/N-ethyl adjacent to an activating group) is 1. The second kappa shape index (κ2) is 6.45. The summed E-state index contributed by atoms with van der Waals surface area (Å²) in [6, 6.07) is 5.38. The molecule has 0 saturated carbocycles. The maximum atomic E-state index is 11.3. The number of carbonyl (C=O) groups excluding carboxylic acids is 1. The van der Waals surface area contributed by atoms with Crippen LogP contribution >= 0.6 is 15.9 Å². The van der Waals surface area contributed by atoms with Crippen molar-refractivity contribution in [2.75, 3.05) is 20.7 Å². The van der Waals surface area contributed by atoms with Gasteiger partial charge in [0.25, 0.3) is 0 Å². The van der Waals surface area contributed by atoms with Crippen LogP contribution in [0.4, 0.5) is 0 Å². The molecule has 1 aromatic carbocycles. The minimum Gasteiger partial charge on any atom is -0.465 e. The summed E-state index contributed by atoms with van der Waals surface area (Å²) < 4.78 is 5.52. The van der Waals surface area contributed by atoms with E-state index in [9.17, 15) is 4.79 Å². The van der Waals surface area contributed by atoms with Gasteiger partial charge in [-0.1, -0.05) is 34.1 Å². The summed E-state index contributed by atoms with van der Waals surface area (Å²) in [6.45, 7) is 0.811. The SMILES string of the molecule is CNCC=Cc1ccc(C(=O)OC)cc1Br. The third kappa shape index (κ3) is 3.47. The lowest BCUT2D eigenvalue weighted by Gasteiger charge is -2.02. The number of benzene rings is 1. The van der Waals surface area contributed by atoms with E-state index in [1.165, 1.54) is 7.11 Å². The normalized spacial score (nSPS) is 10.7. The minimum atomic E-state index is -0.327. The van der Waals surface area contributed by atoms with Crippen molar-refractivity contribution in [2.24, 2.45) is 0 Å². The molecule has 0 bridgehead atoms. The van der Waals surface area contributed by atoms with Crippen LogP contribution < -0.4 is 5.32 Å². The fraction of sp³-hybridized carbons (Fsp3) is 0.250. The Morgan fingerprint density at radius 3 is 2.88 bits per heavy atom. The number of esters is 1. The molecule has 0 amide bonds. The number of hydrogen-bond acceptors (Lipinski definition) is 3. The Morgan fingerprint density at radius 1 is 1.56 bits per heavy atom. The molecule has 4 heteroatoms. The van der Waals surface area contributed by atoms with Crippen molar-refractivity contribution in [1.82, 2.24) is 5.32 Å². The fourth-order valence-corrected chi connectivity index (χ4v) is 1.72. The highest BCUT2D eigenvalue weighted by Crippen LogP contribution is 2.20. The molecule has 1 aromatic rings. The average Bonchev–Trinajstić information content (AvgIpc) is 2.30. The van der Waals surface area contributed by atoms with Crippen molar-refractivity contribution in [1.29, 1.82) is 0 Å². The van der Waals surface area contributed by atoms with Gasteiger partial charge in [-0.15, -0.1) is 0 Å². The summed E-state index contributed by atoms with van der Waals surface area (Å²) in [5.41, 5.74) is 1.57. The summed E-state index contributed by atoms with van der Waals surface area (Å²) in [6.07, 6.45) is 4.00. The zero-order valence-corrected chi connectivity index (χ0v) is 10.9. The Bertz CT molecular complexity index is 402. The van der Waals surface area contributed by atoms with Gasteiger partial charge >= 0.3 is 5.97 Å². The number of carbonyl (C=O) groups is 1. The van der Waals surface area contributed by atoms with Crippen LogP contribution in [0.25, 0.3) is 6.08 Å². The van der Waals surface area contributed by atoms with Crippen LogP contribution in [0.5, 0.6) is 0 Å². The molecule has 16 heavy (non-hydrogen) atoms. The number of ether oxygens (including phenoxy) is 1. The van der Waals surface area contributed by atoms with Gasteiger partial charge < -0.3 is 10.1 Å². The molecule has 0 radical (unpaired) electrons. The van der Waals surface area contributed by atoms with Gasteiger partial charge in [0.15, 0.2) is 0 Å². The van der Waals surface area contributed by atoms with Crippen molar-refractivity contribution >= 4 is 28.0 Å². The first-order valence-corrected chi connectivity index (χ1v) is 5.67. The van der Waals surface area contributed by atoms with E-state index in [2.05, 4.69) is 26.0 Å². The van der Waals surface area contributed by atoms with Crippen LogP contribution in [0, 0.1) is 0 Å². The van der Waals surface area contributed by atoms with Gasteiger partial charge in [-0.05, 0) is 24.7 Å². The quantitative estimate of drug-likeness (QED) is 0.863. The smallest absolute Gasteiger partial charge is 0.337 e. The van der Waals surface area contributed by atoms with E-state index < -0.39 is 0 Å². The lowest BCUT2D eigenvalue weighted by atomic mass is 10.1. The number of hydrogen-bond donors (Lipinski definition) is 1. The molecule has 0 fully saturated rings. The molecule has 1 N–H and O–H groups in total. The predicted molar refractivity (Wildman–Crippen MR) is 68.4 cm³/mol. The maximum absolute atomic E-state index is 11.3. The van der Waals surface area contributed by atoms with Crippen molar-refractivity contribution in [3.05, 3.63) is 39.9 Å². The first-order valence-electron chi connectivity index (χ1n) is 4.88. The van der Waals surface area contributed by atoms with Gasteiger partial charge in [0.05, 0.1) is 12.7 Å². The first-order chi connectivity index (χ1) is 7.69. The van der Waals surface area contributed by atoms with Crippen LogP contribution in [0.1, 0.15) is 15.9 Å². The number of rotatable bonds is 4. The van der Waals surface area contributed by atoms with Crippen molar-refractivity contribution < 1.29 is 9.53 Å². The molecular weight excluding hydrogens is 270 g/mol. The number of methoxy groups -OCH3 is 1. The summed E-state index contributed by atoms with van der Waals surface area (Å²) in [5, 5.41) is 3.02. The Labute approximate surface area is 104 Å². The molecule has 0 spiro atoms. The summed E-state index contributed by atoms with van der Waals surface area (Å²) in [5.74, 6) is -0.327. The van der Waals surface area contributed by atoms with Crippen molar-refractivity contribution in [3.8, 4) is 0 Å². The zero-order chi connectivity index (χ0) is 12.0. The molecular formula is C12H14BrNO2. The van der Waals surface area contributed by atoms with E-state index in [0.29, 0.717) is 5.56 Å². The first kappa shape index (κ1) is 12.9. The lowest BCUT2D eigenvalue weighted by molar-refractivity contribution is 0.0600. The number of halogens is 1. The van der Waals surface area contributed by atoms with Gasteiger partial charge in [-0.2, -0.15) is 0 Å². The van der Waals surface area contributed by atoms with E-state index in [0.717, 1.165) is 16.6 Å². The molecule has 0 heterocycles. The summed E-state index contributed by atoms with van der Waals surface area (Å²) in [4.78, 5) is 11.3. The second-order valence-electron chi connectivity index (χ2n) is 3.19. The van der Waals surface area contributed by atoms with Gasteiger partial charge in [-0.3, -0.25) is 0 Å². The monoisotopic (exact) mass is 283 g/mol. The van der Waals surface area contributed by atoms with E-state index >= 15 is 0 Å². The molecule has 0 aliphatic carbocycles. The van der Waals surface area contributed by atoms with Crippen LogP contribution in [-0.2, 0) is 4.74 Å². The maximum Gasteiger partial charge on any atom is 0.337 e. The molecule has 0 aromatic heterocycles. The minimum absolute atomic E-state index is 0.327. The lowest BCUT2D eigenvalue weighted by Crippen LogP contribution is -2.03. The molecule has 1 rings (SSSR count). The van der Waals surface area contributed by atoms with Crippen LogP contribution in [-0.4, -0.2) is 26.7 Å². The van der Waals surface area contributed by atoms with Crippen LogP contribution in [0.2, 0.25) is 0 Å². The van der Waals surface area contributed by atoms with Gasteiger partial charge in [0.1, 0.15) is 0 Å². The van der Waals surface area contributed by atoms with Gasteiger partial charge in [-0.25, -0.2) is 4.79 Å². The van der Waals surface area contributed by atoms with Crippen molar-refractivity contribution in [2.45, 2.75) is 0 Å². The van der Waals surface area contributed by atoms with Crippen molar-refractivity contribution in [3.63, 3.8) is 0 Å². The largest absolute Gasteiger partial charge is 0.465 e. The summed E-state index contributed by atoms with van der Waals surface area (Å²) >= 11 is 3.42. The second-order valence-corrected chi connectivity index (χ2v) is 4.04. The standard InChI is InChI=1S/C12H14BrNO2/c1-14-7-3-4-9-5-6-10(8-11(9)13)12(15)16-2/h3-6,8,14H,7H2,1-2H3. The zero-order valence-electron chi connectivity index (χ0n) is 9.29. The topological polar surface area (TPSA) is 38.3 Å². The average molecular weight is 284 g/mol. The Balaban J connectivity index is 2.87. The molecule has 3 nitrogen and oxygen atoms in total. The Kier molecular flexibility index (Phi) is 5.22. The molecule has 0 unspecified atom stereocenters. The Hall–Kier alpha value is -1.13. The molecule has 0 atom stereocenters. The van der Waals surface area contributed by atoms with Gasteiger partial charge in [0, 0.05) is 11.0 Å². The highest BCUT2D eigenvalue weighted by Gasteiger charge is 2.06. The molecule has 86 valence electrons. The molecule has 0 aliphatic heterocycles. The third-order valence-corrected chi connectivity index (χ3v) is 2.73. The van der Waals surface area contributed by atoms with E-state index in [1.54, 1.807) is 12.1 Å². The van der Waals surface area contributed by atoms with Crippen LogP contribution in [0.15, 0.2) is 28.7 Å². The predicted octanol–water partition coefficient (Wildman–Crippen LogP) is 2.47. The molecule has 0 saturated heterocycles. The van der Waals surface area contributed by atoms with Gasteiger partial charge in [0.2, 0.25) is 0 Å². The number of nitrogens with one attached hydrogen (secondary N) is 1. The van der Waals surface area contributed by atoms with E-state index in [4.69, 9.17) is 0 Å². The van der Waals surface area contributed by atoms with Crippen LogP contribution in [0.3, 0.4) is 0 Å². The highest BCUT2D eigenvalue weighted by atomic mass is 79.9. The fourth-order valence-electron chi connectivity index (χ4n) is 1.21. The molecule has 0 aliphatic rings. The Morgan fingerprint density at radius 2 is 2.31 bits per heavy atom. The summed E-state index contributed by atoms with van der Waals surface area (Å²) in [7, 11) is 3.26. The van der Waals surface area contributed by atoms with E-state index in [-0.39, 0.29) is 5.97 Å². The highest BCUT2D eigenvalue weighted by molar-refractivity contribution is 9.10. The van der Waals surface area contributed by atoms with E-state index in [1.807, 2.05) is 25.3 Å². The third-order valence-electron chi connectivity index (χ3n) is 2.04.